The average Bonchev–Trinajstić information content (AvgIpc) is 2.43. The topological polar surface area (TPSA) is 38.3 Å². The summed E-state index contributed by atoms with van der Waals surface area (Å²) in [7, 11) is 0. The fourth-order valence-corrected chi connectivity index (χ4v) is 2.32. The Morgan fingerprint density at radius 3 is 2.48 bits per heavy atom. The number of rotatable bonds is 4. The van der Waals surface area contributed by atoms with Gasteiger partial charge in [0.2, 0.25) is 0 Å². The van der Waals surface area contributed by atoms with Gasteiger partial charge in [-0.25, -0.2) is 0 Å². The molecule has 0 atom stereocenters. The second kappa shape index (κ2) is 6.96. The number of halogens is 2. The third-order valence-corrected chi connectivity index (χ3v) is 3.48. The molecule has 110 valence electrons. The molecular formula is C16H15BrClNO2. The Labute approximate surface area is 137 Å². The maximum absolute atomic E-state index is 12.2. The van der Waals surface area contributed by atoms with E-state index in [4.69, 9.17) is 16.3 Å². The molecule has 0 unspecified atom stereocenters. The van der Waals surface area contributed by atoms with Crippen molar-refractivity contribution in [1.29, 1.82) is 0 Å². The number of hydrogen-bond donors (Lipinski definition) is 1. The minimum absolute atomic E-state index is 0.117. The van der Waals surface area contributed by atoms with E-state index in [9.17, 15) is 4.79 Å². The Kier molecular flexibility index (Phi) is 5.26. The number of amides is 1. The van der Waals surface area contributed by atoms with Crippen LogP contribution < -0.4 is 10.1 Å². The highest BCUT2D eigenvalue weighted by molar-refractivity contribution is 9.10. The number of hydrogen-bond acceptors (Lipinski definition) is 2. The van der Waals surface area contributed by atoms with E-state index in [1.165, 1.54) is 0 Å². The number of anilines is 1. The van der Waals surface area contributed by atoms with Crippen LogP contribution in [0.15, 0.2) is 46.9 Å². The molecule has 2 rings (SSSR count). The van der Waals surface area contributed by atoms with E-state index in [1.807, 2.05) is 26.0 Å². The van der Waals surface area contributed by atoms with E-state index >= 15 is 0 Å². The summed E-state index contributed by atoms with van der Waals surface area (Å²) < 4.78 is 6.36. The monoisotopic (exact) mass is 367 g/mol. The van der Waals surface area contributed by atoms with E-state index in [0.717, 1.165) is 10.2 Å². The summed E-state index contributed by atoms with van der Waals surface area (Å²) in [5.74, 6) is 0.516. The van der Waals surface area contributed by atoms with Crippen molar-refractivity contribution in [2.45, 2.75) is 20.0 Å². The van der Waals surface area contributed by atoms with Gasteiger partial charge in [-0.3, -0.25) is 4.79 Å². The van der Waals surface area contributed by atoms with E-state index in [1.54, 1.807) is 30.3 Å². The van der Waals surface area contributed by atoms with E-state index in [0.29, 0.717) is 16.3 Å². The summed E-state index contributed by atoms with van der Waals surface area (Å²) in [4.78, 5) is 12.2. The Bertz CT molecular complexity index is 641. The van der Waals surface area contributed by atoms with Crippen molar-refractivity contribution in [3.05, 3.63) is 57.5 Å². The van der Waals surface area contributed by atoms with Gasteiger partial charge < -0.3 is 10.1 Å². The highest BCUT2D eigenvalue weighted by Gasteiger charge is 2.11. The van der Waals surface area contributed by atoms with Crippen LogP contribution in [-0.2, 0) is 0 Å². The Morgan fingerprint density at radius 1 is 1.19 bits per heavy atom. The summed E-state index contributed by atoms with van der Waals surface area (Å²) in [6.07, 6.45) is 0.117. The summed E-state index contributed by atoms with van der Waals surface area (Å²) in [6, 6.07) is 12.4. The molecular weight excluding hydrogens is 354 g/mol. The Hall–Kier alpha value is -1.52. The molecule has 0 aliphatic heterocycles. The van der Waals surface area contributed by atoms with Gasteiger partial charge in [0, 0.05) is 10.2 Å². The summed E-state index contributed by atoms with van der Waals surface area (Å²) in [5.41, 5.74) is 1.11. The quantitative estimate of drug-likeness (QED) is 0.811. The van der Waals surface area contributed by atoms with E-state index < -0.39 is 0 Å². The molecule has 0 fully saturated rings. The predicted octanol–water partition coefficient (Wildman–Crippen LogP) is 5.14. The molecule has 0 spiro atoms. The van der Waals surface area contributed by atoms with Gasteiger partial charge >= 0.3 is 0 Å². The van der Waals surface area contributed by atoms with Crippen molar-refractivity contribution in [1.82, 2.24) is 0 Å². The van der Waals surface area contributed by atoms with Crippen LogP contribution in [0, 0.1) is 0 Å². The lowest BCUT2D eigenvalue weighted by Crippen LogP contribution is -2.12. The molecule has 0 aliphatic carbocycles. The number of carbonyl (C=O) groups is 1. The number of ether oxygens (including phenoxy) is 1. The number of nitrogens with one attached hydrogen (secondary N) is 1. The van der Waals surface area contributed by atoms with Gasteiger partial charge in [0.15, 0.2) is 0 Å². The molecule has 3 nitrogen and oxygen atoms in total. The molecule has 0 saturated carbocycles. The van der Waals surface area contributed by atoms with Crippen molar-refractivity contribution >= 4 is 39.1 Å². The van der Waals surface area contributed by atoms with Crippen molar-refractivity contribution in [3.8, 4) is 5.75 Å². The van der Waals surface area contributed by atoms with E-state index in [-0.39, 0.29) is 12.0 Å². The van der Waals surface area contributed by atoms with Crippen molar-refractivity contribution in [3.63, 3.8) is 0 Å². The first-order valence-corrected chi connectivity index (χ1v) is 7.66. The molecule has 0 saturated heterocycles. The summed E-state index contributed by atoms with van der Waals surface area (Å²) >= 11 is 9.37. The molecule has 1 amide bonds. The maximum atomic E-state index is 12.2. The highest BCUT2D eigenvalue weighted by atomic mass is 79.9. The lowest BCUT2D eigenvalue weighted by atomic mass is 10.2. The largest absolute Gasteiger partial charge is 0.491 e. The minimum atomic E-state index is -0.251. The van der Waals surface area contributed by atoms with E-state index in [2.05, 4.69) is 21.2 Å². The highest BCUT2D eigenvalue weighted by Crippen LogP contribution is 2.23. The second-order valence-corrected chi connectivity index (χ2v) is 6.09. The summed E-state index contributed by atoms with van der Waals surface area (Å²) in [6.45, 7) is 3.93. The first-order chi connectivity index (χ1) is 9.95. The minimum Gasteiger partial charge on any atom is -0.491 e. The number of carbonyl (C=O) groups excluding carboxylic acids is 1. The van der Waals surface area contributed by atoms with Crippen molar-refractivity contribution < 1.29 is 9.53 Å². The molecule has 0 aliphatic rings. The first-order valence-electron chi connectivity index (χ1n) is 6.49. The molecule has 5 heteroatoms. The zero-order valence-electron chi connectivity index (χ0n) is 11.7. The Morgan fingerprint density at radius 2 is 1.86 bits per heavy atom. The molecule has 21 heavy (non-hydrogen) atoms. The fraction of sp³-hybridized carbons (Fsp3) is 0.188. The first kappa shape index (κ1) is 15.9. The van der Waals surface area contributed by atoms with Gasteiger partial charge in [-0.2, -0.15) is 0 Å². The molecule has 0 radical (unpaired) electrons. The zero-order valence-corrected chi connectivity index (χ0v) is 14.0. The van der Waals surface area contributed by atoms with Gasteiger partial charge in [0.1, 0.15) is 5.75 Å². The standard InChI is InChI=1S/C16H15BrClNO2/c1-10(2)21-13-6-4-12(5-7-13)19-16(20)14-9-11(17)3-8-15(14)18/h3-10H,1-2H3,(H,19,20). The average molecular weight is 369 g/mol. The van der Waals surface area contributed by atoms with Crippen molar-refractivity contribution in [2.75, 3.05) is 5.32 Å². The van der Waals surface area contributed by atoms with Crippen molar-refractivity contribution in [2.24, 2.45) is 0 Å². The van der Waals surface area contributed by atoms with Crippen LogP contribution in [0.2, 0.25) is 5.02 Å². The van der Waals surface area contributed by atoms with Gasteiger partial charge in [0.05, 0.1) is 16.7 Å². The van der Waals surface area contributed by atoms with Gasteiger partial charge in [-0.05, 0) is 56.3 Å². The van der Waals surface area contributed by atoms with Crippen LogP contribution >= 0.6 is 27.5 Å². The maximum Gasteiger partial charge on any atom is 0.257 e. The second-order valence-electron chi connectivity index (χ2n) is 4.77. The van der Waals surface area contributed by atoms with Crippen LogP contribution in [0.25, 0.3) is 0 Å². The molecule has 2 aromatic rings. The molecule has 0 bridgehead atoms. The third kappa shape index (κ3) is 4.48. The number of benzene rings is 2. The van der Waals surface area contributed by atoms with Crippen LogP contribution in [0.3, 0.4) is 0 Å². The van der Waals surface area contributed by atoms with Gasteiger partial charge in [0.25, 0.3) is 5.91 Å². The smallest absolute Gasteiger partial charge is 0.257 e. The normalized spacial score (nSPS) is 10.5. The van der Waals surface area contributed by atoms with Crippen LogP contribution in [0.1, 0.15) is 24.2 Å². The molecule has 0 aromatic heterocycles. The SMILES string of the molecule is CC(C)Oc1ccc(NC(=O)c2cc(Br)ccc2Cl)cc1. The zero-order chi connectivity index (χ0) is 15.4. The third-order valence-electron chi connectivity index (χ3n) is 2.66. The lowest BCUT2D eigenvalue weighted by Gasteiger charge is -2.11. The van der Waals surface area contributed by atoms with Crippen LogP contribution in [0.4, 0.5) is 5.69 Å². The van der Waals surface area contributed by atoms with Gasteiger partial charge in [-0.1, -0.05) is 27.5 Å². The Balaban J connectivity index is 2.10. The van der Waals surface area contributed by atoms with Crippen LogP contribution in [0.5, 0.6) is 5.75 Å². The molecule has 0 heterocycles. The predicted molar refractivity (Wildman–Crippen MR) is 89.3 cm³/mol. The van der Waals surface area contributed by atoms with Gasteiger partial charge in [-0.15, -0.1) is 0 Å². The van der Waals surface area contributed by atoms with Crippen LogP contribution in [-0.4, -0.2) is 12.0 Å². The lowest BCUT2D eigenvalue weighted by molar-refractivity contribution is 0.102. The molecule has 2 aromatic carbocycles. The fourth-order valence-electron chi connectivity index (χ4n) is 1.76. The summed E-state index contributed by atoms with van der Waals surface area (Å²) in [5, 5.41) is 3.22. The molecule has 1 N–H and O–H groups in total.